The molecule has 0 aromatic heterocycles. The molecule has 1 aliphatic rings. The number of benzene rings is 2. The first-order valence-electron chi connectivity index (χ1n) is 7.93. The predicted octanol–water partition coefficient (Wildman–Crippen LogP) is 3.07. The molecule has 0 saturated heterocycles. The largest absolute Gasteiger partial charge is 0.486 e. The molecular weight excluding hydrogens is 322 g/mol. The lowest BCUT2D eigenvalue weighted by Gasteiger charge is -2.26. The van der Waals surface area contributed by atoms with Crippen LogP contribution in [0.15, 0.2) is 42.5 Å². The van der Waals surface area contributed by atoms with E-state index in [1.807, 2.05) is 26.0 Å². The molecule has 0 fully saturated rings. The molecule has 0 aliphatic carbocycles. The van der Waals surface area contributed by atoms with Crippen molar-refractivity contribution in [1.29, 1.82) is 0 Å². The molecule has 1 amide bonds. The topological polar surface area (TPSA) is 84.9 Å². The number of hydrogen-bond donors (Lipinski definition) is 2. The van der Waals surface area contributed by atoms with Crippen molar-refractivity contribution < 1.29 is 24.2 Å². The van der Waals surface area contributed by atoms with Crippen LogP contribution in [0.25, 0.3) is 0 Å². The normalized spacial score (nSPS) is 13.2. The van der Waals surface area contributed by atoms with Gasteiger partial charge in [0.1, 0.15) is 13.2 Å². The molecule has 0 atom stereocenters. The molecule has 25 heavy (non-hydrogen) atoms. The monoisotopic (exact) mass is 341 g/mol. The van der Waals surface area contributed by atoms with Gasteiger partial charge in [-0.25, -0.2) is 4.79 Å². The van der Waals surface area contributed by atoms with E-state index in [9.17, 15) is 9.59 Å². The number of carbonyl (C=O) groups excluding carboxylic acids is 1. The van der Waals surface area contributed by atoms with Gasteiger partial charge in [-0.15, -0.1) is 0 Å². The van der Waals surface area contributed by atoms with Crippen LogP contribution >= 0.6 is 0 Å². The maximum Gasteiger partial charge on any atom is 0.335 e. The Hall–Kier alpha value is -3.02. The van der Waals surface area contributed by atoms with Crippen molar-refractivity contribution in [2.45, 2.75) is 19.3 Å². The zero-order valence-electron chi connectivity index (χ0n) is 14.0. The molecule has 2 aromatic rings. The van der Waals surface area contributed by atoms with E-state index < -0.39 is 11.4 Å². The Balaban J connectivity index is 1.79. The number of anilines is 1. The third-order valence-electron chi connectivity index (χ3n) is 4.22. The SMILES string of the molecule is CC(C)(C(=O)Nc1ccc(C(=O)O)cc1)c1ccc2c(c1)OCCO2. The first-order valence-corrected chi connectivity index (χ1v) is 7.93. The summed E-state index contributed by atoms with van der Waals surface area (Å²) in [5.74, 6) is 0.104. The lowest BCUT2D eigenvalue weighted by molar-refractivity contribution is -0.120. The van der Waals surface area contributed by atoms with Gasteiger partial charge >= 0.3 is 5.97 Å². The van der Waals surface area contributed by atoms with Gasteiger partial charge in [0.05, 0.1) is 11.0 Å². The van der Waals surface area contributed by atoms with Crippen molar-refractivity contribution >= 4 is 17.6 Å². The smallest absolute Gasteiger partial charge is 0.335 e. The van der Waals surface area contributed by atoms with Crippen LogP contribution < -0.4 is 14.8 Å². The number of amides is 1. The lowest BCUT2D eigenvalue weighted by atomic mass is 9.83. The van der Waals surface area contributed by atoms with Gasteiger partial charge in [0.2, 0.25) is 5.91 Å². The highest BCUT2D eigenvalue weighted by Gasteiger charge is 2.31. The Bertz CT molecular complexity index is 811. The van der Waals surface area contributed by atoms with Crippen LogP contribution in [0.3, 0.4) is 0 Å². The van der Waals surface area contributed by atoms with Crippen molar-refractivity contribution in [3.05, 3.63) is 53.6 Å². The average Bonchev–Trinajstić information content (AvgIpc) is 2.61. The summed E-state index contributed by atoms with van der Waals surface area (Å²) in [4.78, 5) is 23.6. The zero-order chi connectivity index (χ0) is 18.0. The van der Waals surface area contributed by atoms with E-state index in [1.165, 1.54) is 12.1 Å². The highest BCUT2D eigenvalue weighted by molar-refractivity contribution is 5.99. The lowest BCUT2D eigenvalue weighted by Crippen LogP contribution is -2.34. The van der Waals surface area contributed by atoms with Gasteiger partial charge in [-0.3, -0.25) is 4.79 Å². The number of carboxylic acids is 1. The van der Waals surface area contributed by atoms with Crippen molar-refractivity contribution in [1.82, 2.24) is 0 Å². The van der Waals surface area contributed by atoms with Gasteiger partial charge in [0, 0.05) is 5.69 Å². The van der Waals surface area contributed by atoms with Gasteiger partial charge in [0.25, 0.3) is 0 Å². The van der Waals surface area contributed by atoms with Gasteiger partial charge in [-0.1, -0.05) is 6.07 Å². The van der Waals surface area contributed by atoms with Crippen molar-refractivity contribution in [3.8, 4) is 11.5 Å². The number of nitrogens with one attached hydrogen (secondary N) is 1. The molecule has 0 unspecified atom stereocenters. The third kappa shape index (κ3) is 3.42. The van der Waals surface area contributed by atoms with Crippen LogP contribution in [0.4, 0.5) is 5.69 Å². The van der Waals surface area contributed by atoms with Gasteiger partial charge in [-0.05, 0) is 55.8 Å². The summed E-state index contributed by atoms with van der Waals surface area (Å²) in [6.45, 7) is 4.64. The van der Waals surface area contributed by atoms with E-state index in [-0.39, 0.29) is 11.5 Å². The Morgan fingerprint density at radius 1 is 1.00 bits per heavy atom. The van der Waals surface area contributed by atoms with Crippen LogP contribution in [0, 0.1) is 0 Å². The fourth-order valence-corrected chi connectivity index (χ4v) is 2.55. The number of carboxylic acid groups (broad SMARTS) is 1. The van der Waals surface area contributed by atoms with Gasteiger partial charge in [0.15, 0.2) is 11.5 Å². The van der Waals surface area contributed by atoms with E-state index in [1.54, 1.807) is 18.2 Å². The summed E-state index contributed by atoms with van der Waals surface area (Å²) in [7, 11) is 0. The van der Waals surface area contributed by atoms with Crippen molar-refractivity contribution in [2.24, 2.45) is 0 Å². The second-order valence-electron chi connectivity index (χ2n) is 6.32. The molecule has 6 nitrogen and oxygen atoms in total. The van der Waals surface area contributed by atoms with Gasteiger partial charge < -0.3 is 19.9 Å². The minimum atomic E-state index is -1.01. The van der Waals surface area contributed by atoms with E-state index >= 15 is 0 Å². The molecule has 0 saturated carbocycles. The van der Waals surface area contributed by atoms with Gasteiger partial charge in [-0.2, -0.15) is 0 Å². The minimum absolute atomic E-state index is 0.170. The minimum Gasteiger partial charge on any atom is -0.486 e. The molecule has 130 valence electrons. The highest BCUT2D eigenvalue weighted by Crippen LogP contribution is 2.35. The summed E-state index contributed by atoms with van der Waals surface area (Å²) < 4.78 is 11.1. The predicted molar refractivity (Wildman–Crippen MR) is 92.5 cm³/mol. The van der Waals surface area contributed by atoms with E-state index in [0.717, 1.165) is 5.56 Å². The fraction of sp³-hybridized carbons (Fsp3) is 0.263. The number of hydrogen-bond acceptors (Lipinski definition) is 4. The fourth-order valence-electron chi connectivity index (χ4n) is 2.55. The summed E-state index contributed by atoms with van der Waals surface area (Å²) >= 11 is 0. The summed E-state index contributed by atoms with van der Waals surface area (Å²) in [5.41, 5.74) is 0.711. The molecule has 0 bridgehead atoms. The van der Waals surface area contributed by atoms with E-state index in [2.05, 4.69) is 5.32 Å². The Morgan fingerprint density at radius 2 is 1.64 bits per heavy atom. The molecule has 0 radical (unpaired) electrons. The van der Waals surface area contributed by atoms with E-state index in [0.29, 0.717) is 30.4 Å². The van der Waals surface area contributed by atoms with E-state index in [4.69, 9.17) is 14.6 Å². The third-order valence-corrected chi connectivity index (χ3v) is 4.22. The van der Waals surface area contributed by atoms with Crippen LogP contribution in [-0.4, -0.2) is 30.2 Å². The molecule has 6 heteroatoms. The molecule has 2 N–H and O–H groups in total. The Morgan fingerprint density at radius 3 is 2.28 bits per heavy atom. The average molecular weight is 341 g/mol. The van der Waals surface area contributed by atoms with Crippen LogP contribution in [-0.2, 0) is 10.2 Å². The Kier molecular flexibility index (Phi) is 4.35. The highest BCUT2D eigenvalue weighted by atomic mass is 16.6. The van der Waals surface area contributed by atoms with Crippen molar-refractivity contribution in [3.63, 3.8) is 0 Å². The maximum absolute atomic E-state index is 12.7. The number of carbonyl (C=O) groups is 2. The number of rotatable bonds is 4. The quantitative estimate of drug-likeness (QED) is 0.893. The second-order valence-corrected chi connectivity index (χ2v) is 6.32. The summed E-state index contributed by atoms with van der Waals surface area (Å²) in [5, 5.41) is 11.7. The first-order chi connectivity index (χ1) is 11.9. The first kappa shape index (κ1) is 16.8. The number of ether oxygens (including phenoxy) is 2. The van der Waals surface area contributed by atoms with Crippen molar-refractivity contribution in [2.75, 3.05) is 18.5 Å². The molecule has 1 heterocycles. The van der Waals surface area contributed by atoms with Crippen LogP contribution in [0.2, 0.25) is 0 Å². The molecule has 1 aliphatic heterocycles. The molecule has 0 spiro atoms. The second kappa shape index (κ2) is 6.47. The van der Waals surface area contributed by atoms with Crippen LogP contribution in [0.5, 0.6) is 11.5 Å². The maximum atomic E-state index is 12.7. The number of fused-ring (bicyclic) bond motifs is 1. The summed E-state index contributed by atoms with van der Waals surface area (Å²) in [6.07, 6.45) is 0. The standard InChI is InChI=1S/C19H19NO5/c1-19(2,13-5-8-15-16(11-13)25-10-9-24-15)18(23)20-14-6-3-12(4-7-14)17(21)22/h3-8,11H,9-10H2,1-2H3,(H,20,23)(H,21,22). The summed E-state index contributed by atoms with van der Waals surface area (Å²) in [6, 6.07) is 11.5. The number of aromatic carboxylic acids is 1. The molecule has 2 aromatic carbocycles. The van der Waals surface area contributed by atoms with Crippen LogP contribution in [0.1, 0.15) is 29.8 Å². The zero-order valence-corrected chi connectivity index (χ0v) is 14.0. The molecule has 3 rings (SSSR count). The Labute approximate surface area is 145 Å². The molecular formula is C19H19NO5.